The molecule has 0 fully saturated rings. The van der Waals surface area contributed by atoms with Crippen LogP contribution in [0.2, 0.25) is 5.15 Å². The molecule has 0 radical (unpaired) electrons. The number of hydrogen-bond donors (Lipinski definition) is 2. The molecule has 6 nitrogen and oxygen atoms in total. The number of aryl methyl sites for hydroxylation is 1. The van der Waals surface area contributed by atoms with E-state index in [0.29, 0.717) is 10.7 Å². The van der Waals surface area contributed by atoms with Crippen LogP contribution < -0.4 is 10.6 Å². The first kappa shape index (κ1) is 24.6. The van der Waals surface area contributed by atoms with Crippen LogP contribution in [0.4, 0.5) is 10.9 Å². The molecule has 2 aromatic carbocycles. The van der Waals surface area contributed by atoms with Gasteiger partial charge in [0.15, 0.2) is 5.13 Å². The van der Waals surface area contributed by atoms with Gasteiger partial charge in [-0.2, -0.15) is 0 Å². The molecular weight excluding hydrogens is 502 g/mol. The molecule has 0 saturated carbocycles. The molecule has 5 rings (SSSR count). The average molecular weight is 526 g/mol. The second-order valence-electron chi connectivity index (χ2n) is 8.57. The van der Waals surface area contributed by atoms with Crippen LogP contribution >= 0.6 is 22.9 Å². The lowest BCUT2D eigenvalue weighted by atomic mass is 10.1. The molecule has 184 valence electrons. The molecule has 1 atom stereocenters. The second-order valence-corrected chi connectivity index (χ2v) is 9.93. The highest BCUT2D eigenvalue weighted by Crippen LogP contribution is 2.40. The zero-order valence-corrected chi connectivity index (χ0v) is 21.8. The zero-order valence-electron chi connectivity index (χ0n) is 20.3. The summed E-state index contributed by atoms with van der Waals surface area (Å²) in [5.41, 5.74) is 5.30. The molecule has 0 aliphatic rings. The molecule has 0 unspecified atom stereocenters. The number of aromatic nitrogens is 3. The van der Waals surface area contributed by atoms with Gasteiger partial charge < -0.3 is 5.32 Å². The molecule has 0 saturated heterocycles. The van der Waals surface area contributed by atoms with Gasteiger partial charge in [-0.1, -0.05) is 77.0 Å². The minimum Gasteiger partial charge on any atom is -0.364 e. The Morgan fingerprint density at radius 2 is 1.76 bits per heavy atom. The van der Waals surface area contributed by atoms with Crippen molar-refractivity contribution in [2.75, 3.05) is 10.6 Å². The number of amides is 1. The highest BCUT2D eigenvalue weighted by molar-refractivity contribution is 7.19. The summed E-state index contributed by atoms with van der Waals surface area (Å²) in [7, 11) is 0. The van der Waals surface area contributed by atoms with Crippen molar-refractivity contribution < 1.29 is 4.79 Å². The Labute approximate surface area is 224 Å². The topological polar surface area (TPSA) is 79.8 Å². The Bertz CT molecular complexity index is 1550. The third-order valence-corrected chi connectivity index (χ3v) is 7.15. The predicted octanol–water partition coefficient (Wildman–Crippen LogP) is 7.65. The SMILES string of the molecule is Cc1cccc(-c2nc(NC(=O)c3cccnc3Cl)sc2-c2ccnc(N[C@H](C)c3ccccc3)c2)c1. The lowest BCUT2D eigenvalue weighted by Gasteiger charge is -2.15. The third-order valence-electron chi connectivity index (χ3n) is 5.83. The van der Waals surface area contributed by atoms with Crippen molar-refractivity contribution in [2.24, 2.45) is 0 Å². The molecule has 3 aromatic heterocycles. The Kier molecular flexibility index (Phi) is 7.25. The maximum atomic E-state index is 12.9. The number of halogens is 1. The van der Waals surface area contributed by atoms with Gasteiger partial charge in [-0.3, -0.25) is 10.1 Å². The second kappa shape index (κ2) is 10.9. The van der Waals surface area contributed by atoms with Gasteiger partial charge in [0.1, 0.15) is 11.0 Å². The molecular formula is C29H24ClN5OS. The molecule has 5 aromatic rings. The van der Waals surface area contributed by atoms with Crippen LogP contribution in [0.3, 0.4) is 0 Å². The van der Waals surface area contributed by atoms with Crippen LogP contribution in [0.1, 0.15) is 34.5 Å². The first-order valence-corrected chi connectivity index (χ1v) is 12.9. The number of pyridine rings is 2. The maximum Gasteiger partial charge on any atom is 0.260 e. The lowest BCUT2D eigenvalue weighted by molar-refractivity contribution is 0.102. The van der Waals surface area contributed by atoms with E-state index in [4.69, 9.17) is 16.6 Å². The Morgan fingerprint density at radius 1 is 0.919 bits per heavy atom. The first-order valence-electron chi connectivity index (χ1n) is 11.8. The van der Waals surface area contributed by atoms with E-state index in [9.17, 15) is 4.79 Å². The number of nitrogens with one attached hydrogen (secondary N) is 2. The molecule has 2 N–H and O–H groups in total. The van der Waals surface area contributed by atoms with Crippen LogP contribution in [0.5, 0.6) is 0 Å². The Hall–Kier alpha value is -4.07. The molecule has 8 heteroatoms. The van der Waals surface area contributed by atoms with Crippen LogP contribution in [0.25, 0.3) is 21.7 Å². The fourth-order valence-electron chi connectivity index (χ4n) is 3.97. The van der Waals surface area contributed by atoms with Crippen molar-refractivity contribution in [1.82, 2.24) is 15.0 Å². The largest absolute Gasteiger partial charge is 0.364 e. The van der Waals surface area contributed by atoms with Gasteiger partial charge in [0.05, 0.1) is 16.1 Å². The van der Waals surface area contributed by atoms with E-state index in [2.05, 4.69) is 45.7 Å². The van der Waals surface area contributed by atoms with Crippen LogP contribution in [0, 0.1) is 6.92 Å². The normalized spacial score (nSPS) is 11.6. The van der Waals surface area contributed by atoms with Gasteiger partial charge in [-0.05, 0) is 55.3 Å². The summed E-state index contributed by atoms with van der Waals surface area (Å²) in [4.78, 5) is 27.2. The molecule has 37 heavy (non-hydrogen) atoms. The number of thiazole rings is 1. The number of benzene rings is 2. The van der Waals surface area contributed by atoms with Crippen molar-refractivity contribution in [2.45, 2.75) is 19.9 Å². The zero-order chi connectivity index (χ0) is 25.8. The Balaban J connectivity index is 1.50. The summed E-state index contributed by atoms with van der Waals surface area (Å²) in [6.45, 7) is 4.15. The van der Waals surface area contributed by atoms with Gasteiger partial charge in [-0.15, -0.1) is 0 Å². The standard InChI is InChI=1S/C29H24ClN5OS/c1-18-8-6-11-21(16-18)25-26(37-29(34-25)35-28(36)23-12-7-14-32-27(23)30)22-13-15-31-24(17-22)33-19(2)20-9-4-3-5-10-20/h3-17,19H,1-2H3,(H,31,33)(H,34,35,36)/t19-/m1/s1. The van der Waals surface area contributed by atoms with Gasteiger partial charge in [-0.25, -0.2) is 15.0 Å². The monoisotopic (exact) mass is 525 g/mol. The third kappa shape index (κ3) is 5.69. The molecule has 0 aliphatic carbocycles. The first-order chi connectivity index (χ1) is 18.0. The summed E-state index contributed by atoms with van der Waals surface area (Å²) < 4.78 is 0. The van der Waals surface area contributed by atoms with E-state index in [1.165, 1.54) is 16.9 Å². The minimum atomic E-state index is -0.358. The minimum absolute atomic E-state index is 0.0840. The van der Waals surface area contributed by atoms with Crippen molar-refractivity contribution >= 4 is 39.8 Å². The fourth-order valence-corrected chi connectivity index (χ4v) is 5.16. The van der Waals surface area contributed by atoms with Crippen LogP contribution in [0.15, 0.2) is 91.3 Å². The number of carbonyl (C=O) groups excluding carboxylic acids is 1. The molecule has 0 spiro atoms. The number of hydrogen-bond acceptors (Lipinski definition) is 6. The Morgan fingerprint density at radius 3 is 2.54 bits per heavy atom. The van der Waals surface area contributed by atoms with Gasteiger partial charge in [0.2, 0.25) is 0 Å². The van der Waals surface area contributed by atoms with Crippen molar-refractivity contribution in [3.63, 3.8) is 0 Å². The van der Waals surface area contributed by atoms with Crippen molar-refractivity contribution in [3.05, 3.63) is 113 Å². The number of anilines is 2. The van der Waals surface area contributed by atoms with Crippen molar-refractivity contribution in [3.8, 4) is 21.7 Å². The lowest BCUT2D eigenvalue weighted by Crippen LogP contribution is -2.12. The molecule has 0 bridgehead atoms. The summed E-state index contributed by atoms with van der Waals surface area (Å²) in [5.74, 6) is 0.396. The molecule has 3 heterocycles. The van der Waals surface area contributed by atoms with E-state index in [1.807, 2.05) is 55.5 Å². The summed E-state index contributed by atoms with van der Waals surface area (Å²) in [5, 5.41) is 7.00. The summed E-state index contributed by atoms with van der Waals surface area (Å²) in [6.07, 6.45) is 3.33. The van der Waals surface area contributed by atoms with Gasteiger partial charge in [0.25, 0.3) is 5.91 Å². The maximum absolute atomic E-state index is 12.9. The van der Waals surface area contributed by atoms with Crippen LogP contribution in [-0.2, 0) is 0 Å². The predicted molar refractivity (Wildman–Crippen MR) is 151 cm³/mol. The smallest absolute Gasteiger partial charge is 0.260 e. The van der Waals surface area contributed by atoms with E-state index in [1.54, 1.807) is 24.5 Å². The van der Waals surface area contributed by atoms with Gasteiger partial charge in [0, 0.05) is 24.0 Å². The average Bonchev–Trinajstić information content (AvgIpc) is 3.33. The fraction of sp³-hybridized carbons (Fsp3) is 0.103. The van der Waals surface area contributed by atoms with Gasteiger partial charge >= 0.3 is 0 Å². The number of carbonyl (C=O) groups is 1. The van der Waals surface area contributed by atoms with E-state index in [-0.39, 0.29) is 17.1 Å². The molecule has 1 amide bonds. The quantitative estimate of drug-likeness (QED) is 0.213. The number of nitrogens with zero attached hydrogens (tertiary/aromatic N) is 3. The highest BCUT2D eigenvalue weighted by Gasteiger charge is 2.19. The van der Waals surface area contributed by atoms with E-state index >= 15 is 0 Å². The number of rotatable bonds is 7. The van der Waals surface area contributed by atoms with E-state index in [0.717, 1.165) is 33.1 Å². The highest BCUT2D eigenvalue weighted by atomic mass is 35.5. The summed E-state index contributed by atoms with van der Waals surface area (Å²) in [6, 6.07) is 25.7. The van der Waals surface area contributed by atoms with Crippen LogP contribution in [-0.4, -0.2) is 20.9 Å². The summed E-state index contributed by atoms with van der Waals surface area (Å²) >= 11 is 7.54. The molecule has 0 aliphatic heterocycles. The van der Waals surface area contributed by atoms with E-state index < -0.39 is 0 Å². The van der Waals surface area contributed by atoms with Crippen molar-refractivity contribution in [1.29, 1.82) is 0 Å².